The number of H-pyrrole nitrogens is 1. The number of rotatable bonds is 3. The molecule has 1 aromatic carbocycles. The Morgan fingerprint density at radius 1 is 1.07 bits per heavy atom. The number of amides is 2. The normalized spacial score (nSPS) is 15.3. The molecule has 1 fully saturated rings. The van der Waals surface area contributed by atoms with Crippen molar-refractivity contribution in [3.63, 3.8) is 0 Å². The zero-order valence-electron chi connectivity index (χ0n) is 14.6. The van der Waals surface area contributed by atoms with E-state index in [9.17, 15) is 27.6 Å². The lowest BCUT2D eigenvalue weighted by atomic mass is 10.0. The summed E-state index contributed by atoms with van der Waals surface area (Å²) < 4.78 is 37.8. The van der Waals surface area contributed by atoms with E-state index >= 15 is 0 Å². The van der Waals surface area contributed by atoms with E-state index in [1.165, 1.54) is 24.3 Å². The van der Waals surface area contributed by atoms with Crippen LogP contribution in [0.3, 0.4) is 0 Å². The first kappa shape index (κ1) is 19.6. The van der Waals surface area contributed by atoms with Crippen LogP contribution < -0.4 is 10.9 Å². The summed E-state index contributed by atoms with van der Waals surface area (Å²) in [4.78, 5) is 37.1. The highest BCUT2D eigenvalue weighted by atomic mass is 19.4. The minimum absolute atomic E-state index is 0.0860. The van der Waals surface area contributed by atoms with Gasteiger partial charge in [0.1, 0.15) is 5.69 Å². The Morgan fingerprint density at radius 3 is 2.25 bits per heavy atom. The lowest BCUT2D eigenvalue weighted by Crippen LogP contribution is -2.46. The molecule has 7 nitrogen and oxygen atoms in total. The molecule has 3 rings (SSSR count). The third-order valence-corrected chi connectivity index (χ3v) is 4.49. The molecule has 0 atom stereocenters. The van der Waals surface area contributed by atoms with Crippen molar-refractivity contribution in [2.75, 3.05) is 13.1 Å². The third kappa shape index (κ3) is 4.56. The van der Waals surface area contributed by atoms with Gasteiger partial charge in [-0.25, -0.2) is 5.10 Å². The van der Waals surface area contributed by atoms with E-state index in [1.807, 2.05) is 0 Å². The van der Waals surface area contributed by atoms with Gasteiger partial charge in [-0.1, -0.05) is 0 Å². The maximum Gasteiger partial charge on any atom is 0.416 e. The average molecular weight is 394 g/mol. The summed E-state index contributed by atoms with van der Waals surface area (Å²) in [5.41, 5.74) is -0.941. The number of halogens is 3. The molecule has 10 heteroatoms. The first-order valence-electron chi connectivity index (χ1n) is 8.57. The number of benzene rings is 1. The second kappa shape index (κ2) is 7.83. The van der Waals surface area contributed by atoms with Gasteiger partial charge in [0.25, 0.3) is 17.4 Å². The average Bonchev–Trinajstić information content (AvgIpc) is 2.68. The second-order valence-corrected chi connectivity index (χ2v) is 6.42. The van der Waals surface area contributed by atoms with Gasteiger partial charge in [0.05, 0.1) is 5.56 Å². The molecule has 1 saturated heterocycles. The van der Waals surface area contributed by atoms with Crippen molar-refractivity contribution in [3.05, 3.63) is 63.6 Å². The number of likely N-dealkylation sites (tertiary alicyclic amines) is 1. The fourth-order valence-corrected chi connectivity index (χ4v) is 2.94. The molecule has 0 aliphatic carbocycles. The molecular weight excluding hydrogens is 377 g/mol. The molecule has 2 aromatic rings. The predicted molar refractivity (Wildman–Crippen MR) is 92.7 cm³/mol. The highest BCUT2D eigenvalue weighted by Gasteiger charge is 2.31. The van der Waals surface area contributed by atoms with Gasteiger partial charge in [-0.3, -0.25) is 14.4 Å². The van der Waals surface area contributed by atoms with Crippen molar-refractivity contribution in [1.29, 1.82) is 0 Å². The van der Waals surface area contributed by atoms with Crippen LogP contribution >= 0.6 is 0 Å². The van der Waals surface area contributed by atoms with Gasteiger partial charge in [-0.2, -0.15) is 18.3 Å². The first-order valence-corrected chi connectivity index (χ1v) is 8.57. The SMILES string of the molecule is O=C(NC1CCN(C(=O)c2ccc(C(F)(F)F)cc2)CC1)c1ccc(=O)[nH]n1. The van der Waals surface area contributed by atoms with Crippen molar-refractivity contribution in [2.45, 2.75) is 25.1 Å². The fourth-order valence-electron chi connectivity index (χ4n) is 2.94. The highest BCUT2D eigenvalue weighted by Crippen LogP contribution is 2.29. The molecule has 28 heavy (non-hydrogen) atoms. The Morgan fingerprint density at radius 2 is 1.71 bits per heavy atom. The molecule has 2 amide bonds. The van der Waals surface area contributed by atoms with Gasteiger partial charge in [0, 0.05) is 30.8 Å². The molecule has 1 aromatic heterocycles. The molecule has 0 spiro atoms. The smallest absolute Gasteiger partial charge is 0.348 e. The van der Waals surface area contributed by atoms with Gasteiger partial charge in [-0.15, -0.1) is 0 Å². The number of hydrogen-bond acceptors (Lipinski definition) is 4. The highest BCUT2D eigenvalue weighted by molar-refractivity contribution is 5.94. The van der Waals surface area contributed by atoms with E-state index in [1.54, 1.807) is 4.90 Å². The molecule has 0 bridgehead atoms. The van der Waals surface area contributed by atoms with Crippen LogP contribution in [-0.4, -0.2) is 46.0 Å². The molecule has 0 radical (unpaired) electrons. The summed E-state index contributed by atoms with van der Waals surface area (Å²) in [5.74, 6) is -0.774. The van der Waals surface area contributed by atoms with Gasteiger partial charge in [0.15, 0.2) is 0 Å². The lowest BCUT2D eigenvalue weighted by Gasteiger charge is -2.32. The number of alkyl halides is 3. The van der Waals surface area contributed by atoms with Crippen LogP contribution in [0.15, 0.2) is 41.2 Å². The van der Waals surface area contributed by atoms with Gasteiger partial charge >= 0.3 is 6.18 Å². The summed E-state index contributed by atoms with van der Waals surface area (Å²) in [6.07, 6.45) is -3.44. The number of aromatic amines is 1. The third-order valence-electron chi connectivity index (χ3n) is 4.49. The van der Waals surface area contributed by atoms with Crippen LogP contribution in [0.5, 0.6) is 0 Å². The van der Waals surface area contributed by atoms with E-state index in [2.05, 4.69) is 15.5 Å². The number of piperidine rings is 1. The van der Waals surface area contributed by atoms with Crippen molar-refractivity contribution in [3.8, 4) is 0 Å². The first-order chi connectivity index (χ1) is 13.2. The molecule has 0 saturated carbocycles. The zero-order valence-corrected chi connectivity index (χ0v) is 14.6. The van der Waals surface area contributed by atoms with Gasteiger partial charge in [-0.05, 0) is 43.2 Å². The number of carbonyl (C=O) groups excluding carboxylic acids is 2. The molecule has 148 valence electrons. The minimum Gasteiger partial charge on any atom is -0.348 e. The number of nitrogens with zero attached hydrogens (tertiary/aromatic N) is 2. The van der Waals surface area contributed by atoms with Gasteiger partial charge < -0.3 is 10.2 Å². The Hall–Kier alpha value is -3.17. The number of nitrogens with one attached hydrogen (secondary N) is 2. The van der Waals surface area contributed by atoms with Crippen LogP contribution in [0.25, 0.3) is 0 Å². The summed E-state index contributed by atoms with van der Waals surface area (Å²) in [6.45, 7) is 0.730. The van der Waals surface area contributed by atoms with Crippen LogP contribution in [0.4, 0.5) is 13.2 Å². The molecular formula is C18H17F3N4O3. The van der Waals surface area contributed by atoms with Crippen molar-refractivity contribution < 1.29 is 22.8 Å². The molecule has 1 aliphatic rings. The Kier molecular flexibility index (Phi) is 5.48. The predicted octanol–water partition coefficient (Wildman–Crippen LogP) is 1.82. The van der Waals surface area contributed by atoms with E-state index in [0.717, 1.165) is 12.1 Å². The quantitative estimate of drug-likeness (QED) is 0.830. The van der Waals surface area contributed by atoms with Gasteiger partial charge in [0.2, 0.25) is 0 Å². The monoisotopic (exact) mass is 394 g/mol. The van der Waals surface area contributed by atoms with Crippen molar-refractivity contribution in [1.82, 2.24) is 20.4 Å². The van der Waals surface area contributed by atoms with E-state index in [0.29, 0.717) is 25.9 Å². The maximum atomic E-state index is 12.6. The largest absolute Gasteiger partial charge is 0.416 e. The Labute approximate surface area is 157 Å². The Bertz CT molecular complexity index is 896. The van der Waals surface area contributed by atoms with Crippen LogP contribution in [0.2, 0.25) is 0 Å². The summed E-state index contributed by atoms with van der Waals surface area (Å²) in [6, 6.07) is 6.46. The standard InChI is InChI=1S/C18H17F3N4O3/c19-18(20,21)12-3-1-11(2-4-12)17(28)25-9-7-13(8-10-25)22-16(27)14-5-6-15(26)24-23-14/h1-6,13H,7-10H2,(H,22,27)(H,24,26). The number of carbonyl (C=O) groups is 2. The molecule has 0 unspecified atom stereocenters. The second-order valence-electron chi connectivity index (χ2n) is 6.42. The topological polar surface area (TPSA) is 95.2 Å². The molecule has 2 heterocycles. The zero-order chi connectivity index (χ0) is 20.3. The lowest BCUT2D eigenvalue weighted by molar-refractivity contribution is -0.137. The molecule has 2 N–H and O–H groups in total. The maximum absolute atomic E-state index is 12.6. The van der Waals surface area contributed by atoms with Crippen molar-refractivity contribution >= 4 is 11.8 Å². The minimum atomic E-state index is -4.45. The molecule has 1 aliphatic heterocycles. The summed E-state index contributed by atoms with van der Waals surface area (Å²) >= 11 is 0. The summed E-state index contributed by atoms with van der Waals surface area (Å²) in [7, 11) is 0. The van der Waals surface area contributed by atoms with Crippen molar-refractivity contribution in [2.24, 2.45) is 0 Å². The van der Waals surface area contributed by atoms with E-state index in [4.69, 9.17) is 0 Å². The van der Waals surface area contributed by atoms with Crippen LogP contribution in [0.1, 0.15) is 39.3 Å². The van der Waals surface area contributed by atoms with E-state index in [-0.39, 0.29) is 23.2 Å². The Balaban J connectivity index is 1.54. The number of hydrogen-bond donors (Lipinski definition) is 2. The number of aromatic nitrogens is 2. The van der Waals surface area contributed by atoms with Crippen LogP contribution in [0, 0.1) is 0 Å². The summed E-state index contributed by atoms with van der Waals surface area (Å²) in [5, 5.41) is 8.63. The van der Waals surface area contributed by atoms with E-state index < -0.39 is 23.2 Å². The fraction of sp³-hybridized carbons (Fsp3) is 0.333. The van der Waals surface area contributed by atoms with Crippen LogP contribution in [-0.2, 0) is 6.18 Å².